The first-order valence-electron chi connectivity index (χ1n) is 3.92. The lowest BCUT2D eigenvalue weighted by Crippen LogP contribution is -2.43. The third kappa shape index (κ3) is 1.17. The van der Waals surface area contributed by atoms with Crippen molar-refractivity contribution in [3.8, 4) is 0 Å². The van der Waals surface area contributed by atoms with Crippen molar-refractivity contribution in [1.82, 2.24) is 5.32 Å². The molecule has 3 heteroatoms. The molecular weight excluding hydrogens is 140 g/mol. The van der Waals surface area contributed by atoms with Crippen LogP contribution in [0.2, 0.25) is 0 Å². The molecule has 2 fully saturated rings. The van der Waals surface area contributed by atoms with Crippen LogP contribution in [0.3, 0.4) is 0 Å². The second-order valence-electron chi connectivity index (χ2n) is 3.23. The monoisotopic (exact) mass is 158 g/mol. The van der Waals surface area contributed by atoms with Crippen LogP contribution in [-0.4, -0.2) is 31.8 Å². The van der Waals surface area contributed by atoms with Gasteiger partial charge in [0.1, 0.15) is 0 Å². The minimum Gasteiger partial charge on any atom is -0.372 e. The van der Waals surface area contributed by atoms with E-state index >= 15 is 0 Å². The molecule has 0 aliphatic carbocycles. The zero-order chi connectivity index (χ0) is 7.03. The van der Waals surface area contributed by atoms with Gasteiger partial charge in [-0.15, -0.1) is 0 Å². The van der Waals surface area contributed by atoms with Crippen molar-refractivity contribution in [2.75, 3.05) is 26.2 Å². The van der Waals surface area contributed by atoms with E-state index in [1.54, 1.807) is 0 Å². The molecule has 0 aromatic rings. The molecule has 2 rings (SSSR count). The predicted molar refractivity (Wildman–Crippen MR) is 45.4 cm³/mol. The molecule has 66 valence electrons. The van der Waals surface area contributed by atoms with E-state index in [0.717, 1.165) is 19.7 Å². The number of nitrogens with two attached hydrogens (primary N) is 1. The van der Waals surface area contributed by atoms with Crippen LogP contribution >= 0.6 is 0 Å². The van der Waals surface area contributed by atoms with Crippen molar-refractivity contribution in [2.45, 2.75) is 19.4 Å². The van der Waals surface area contributed by atoms with Crippen LogP contribution in [-0.2, 0) is 4.74 Å². The first kappa shape index (κ1) is 8.97. The summed E-state index contributed by atoms with van der Waals surface area (Å²) in [6.07, 6.45) is 1.18. The Morgan fingerprint density at radius 3 is 3.09 bits per heavy atom. The minimum atomic E-state index is 0. The maximum Gasteiger partial charge on any atom is 0.0968 e. The number of hydrogen-bond donors (Lipinski definition) is 2. The minimum absolute atomic E-state index is 0. The van der Waals surface area contributed by atoms with Gasteiger partial charge in [-0.1, -0.05) is 7.43 Å². The van der Waals surface area contributed by atoms with Crippen molar-refractivity contribution in [2.24, 2.45) is 11.7 Å². The van der Waals surface area contributed by atoms with Gasteiger partial charge in [-0.25, -0.2) is 0 Å². The summed E-state index contributed by atoms with van der Waals surface area (Å²) in [5, 5.41) is 3.31. The van der Waals surface area contributed by atoms with Crippen LogP contribution in [0.1, 0.15) is 13.8 Å². The summed E-state index contributed by atoms with van der Waals surface area (Å²) in [6.45, 7) is 3.62. The summed E-state index contributed by atoms with van der Waals surface area (Å²) in [4.78, 5) is 0. The van der Waals surface area contributed by atoms with Crippen molar-refractivity contribution < 1.29 is 4.74 Å². The normalized spacial score (nSPS) is 41.7. The summed E-state index contributed by atoms with van der Waals surface area (Å²) in [5.74, 6) is 0.678. The highest BCUT2D eigenvalue weighted by atomic mass is 16.5. The summed E-state index contributed by atoms with van der Waals surface area (Å²) >= 11 is 0. The topological polar surface area (TPSA) is 47.3 Å². The second-order valence-corrected chi connectivity index (χ2v) is 3.23. The zero-order valence-electron chi connectivity index (χ0n) is 6.10. The lowest BCUT2D eigenvalue weighted by molar-refractivity contribution is 0.0111. The van der Waals surface area contributed by atoms with Gasteiger partial charge in [0.2, 0.25) is 0 Å². The van der Waals surface area contributed by atoms with Crippen LogP contribution in [0, 0.1) is 5.92 Å². The number of ether oxygens (including phenoxy) is 1. The summed E-state index contributed by atoms with van der Waals surface area (Å²) in [7, 11) is 0. The van der Waals surface area contributed by atoms with E-state index in [0.29, 0.717) is 12.5 Å². The van der Waals surface area contributed by atoms with E-state index in [1.165, 1.54) is 6.42 Å². The molecule has 2 aliphatic rings. The molecule has 0 spiro atoms. The van der Waals surface area contributed by atoms with E-state index < -0.39 is 0 Å². The van der Waals surface area contributed by atoms with Gasteiger partial charge in [0.15, 0.2) is 0 Å². The second kappa shape index (κ2) is 3.09. The lowest BCUT2D eigenvalue weighted by atomic mass is 9.91. The van der Waals surface area contributed by atoms with Crippen molar-refractivity contribution >= 4 is 0 Å². The van der Waals surface area contributed by atoms with Crippen molar-refractivity contribution in [3.63, 3.8) is 0 Å². The average Bonchev–Trinajstić information content (AvgIpc) is 2.42. The quantitative estimate of drug-likeness (QED) is 0.563. The fraction of sp³-hybridized carbons (Fsp3) is 1.00. The summed E-state index contributed by atoms with van der Waals surface area (Å²) in [6, 6.07) is 0. The molecule has 11 heavy (non-hydrogen) atoms. The Hall–Kier alpha value is -0.120. The van der Waals surface area contributed by atoms with Gasteiger partial charge in [-0.3, -0.25) is 0 Å². The maximum atomic E-state index is 5.64. The molecule has 3 nitrogen and oxygen atoms in total. The van der Waals surface area contributed by atoms with Crippen LogP contribution in [0.15, 0.2) is 0 Å². The molecule has 0 amide bonds. The number of hydrogen-bond acceptors (Lipinski definition) is 3. The smallest absolute Gasteiger partial charge is 0.0968 e. The molecule has 0 aromatic heterocycles. The fourth-order valence-electron chi connectivity index (χ4n) is 2.02. The fourth-order valence-corrected chi connectivity index (χ4v) is 2.02. The first-order chi connectivity index (χ1) is 4.87. The van der Waals surface area contributed by atoms with Crippen molar-refractivity contribution in [3.05, 3.63) is 0 Å². The molecule has 0 radical (unpaired) electrons. The molecule has 2 aliphatic heterocycles. The van der Waals surface area contributed by atoms with Gasteiger partial charge in [0.05, 0.1) is 5.60 Å². The molecule has 0 saturated carbocycles. The summed E-state index contributed by atoms with van der Waals surface area (Å²) < 4.78 is 5.63. The highest BCUT2D eigenvalue weighted by Gasteiger charge is 2.46. The van der Waals surface area contributed by atoms with Crippen LogP contribution in [0.5, 0.6) is 0 Å². The standard InChI is InChI=1S/C7H14N2O.CH4/c8-4-7-5-9-3-6(7)1-2-10-7;/h6,9H,1-5,8H2;1H4/t6-,7+;/m1./s1. The van der Waals surface area contributed by atoms with Gasteiger partial charge >= 0.3 is 0 Å². The van der Waals surface area contributed by atoms with Crippen LogP contribution in [0.4, 0.5) is 0 Å². The molecular formula is C8H18N2O. The van der Waals surface area contributed by atoms with Crippen LogP contribution in [0.25, 0.3) is 0 Å². The maximum absolute atomic E-state index is 5.64. The Labute approximate surface area is 68.3 Å². The van der Waals surface area contributed by atoms with Gasteiger partial charge in [0.25, 0.3) is 0 Å². The van der Waals surface area contributed by atoms with Crippen LogP contribution < -0.4 is 11.1 Å². The molecule has 3 N–H and O–H groups in total. The Balaban J connectivity index is 0.000000605. The lowest BCUT2D eigenvalue weighted by Gasteiger charge is -2.24. The van der Waals surface area contributed by atoms with Gasteiger partial charge in [0, 0.05) is 32.2 Å². The number of fused-ring (bicyclic) bond motifs is 1. The number of rotatable bonds is 1. The van der Waals surface area contributed by atoms with Gasteiger partial charge in [-0.2, -0.15) is 0 Å². The Kier molecular flexibility index (Phi) is 2.52. The van der Waals surface area contributed by atoms with Gasteiger partial charge in [-0.05, 0) is 6.42 Å². The van der Waals surface area contributed by atoms with E-state index in [9.17, 15) is 0 Å². The Morgan fingerprint density at radius 2 is 2.45 bits per heavy atom. The third-order valence-electron chi connectivity index (χ3n) is 2.76. The predicted octanol–water partition coefficient (Wildman–Crippen LogP) is -0.0403. The molecule has 2 saturated heterocycles. The Bertz CT molecular complexity index is 128. The molecule has 0 bridgehead atoms. The van der Waals surface area contributed by atoms with E-state index in [1.807, 2.05) is 0 Å². The van der Waals surface area contributed by atoms with E-state index in [-0.39, 0.29) is 13.0 Å². The third-order valence-corrected chi connectivity index (χ3v) is 2.76. The molecule has 0 unspecified atom stereocenters. The zero-order valence-corrected chi connectivity index (χ0v) is 6.10. The first-order valence-corrected chi connectivity index (χ1v) is 3.92. The van der Waals surface area contributed by atoms with Gasteiger partial charge < -0.3 is 15.8 Å². The molecule has 0 aromatic carbocycles. The highest BCUT2D eigenvalue weighted by molar-refractivity contribution is 5.01. The SMILES string of the molecule is C.NC[C@]12CNC[C@H]1CCO2. The Morgan fingerprint density at radius 1 is 1.64 bits per heavy atom. The highest BCUT2D eigenvalue weighted by Crippen LogP contribution is 2.33. The van der Waals surface area contributed by atoms with E-state index in [4.69, 9.17) is 10.5 Å². The summed E-state index contributed by atoms with van der Waals surface area (Å²) in [5.41, 5.74) is 5.66. The average molecular weight is 158 g/mol. The number of nitrogens with one attached hydrogen (secondary N) is 1. The molecule has 2 atom stereocenters. The largest absolute Gasteiger partial charge is 0.372 e. The molecule has 2 heterocycles. The van der Waals surface area contributed by atoms with E-state index in [2.05, 4.69) is 5.32 Å². The van der Waals surface area contributed by atoms with Crippen molar-refractivity contribution in [1.29, 1.82) is 0 Å².